The number of amides is 1. The average molecular weight is 299 g/mol. The number of nitrogens with one attached hydrogen (secondary N) is 2. The summed E-state index contributed by atoms with van der Waals surface area (Å²) >= 11 is 0. The van der Waals surface area contributed by atoms with Crippen LogP contribution in [0.3, 0.4) is 0 Å². The zero-order valence-corrected chi connectivity index (χ0v) is 12.9. The molecule has 0 spiro atoms. The van der Waals surface area contributed by atoms with Crippen LogP contribution in [0.1, 0.15) is 19.4 Å². The number of carbonyl (C=O) groups is 1. The normalized spacial score (nSPS) is 10.3. The lowest BCUT2D eigenvalue weighted by atomic mass is 10.2. The monoisotopic (exact) mass is 299 g/mol. The quantitative estimate of drug-likeness (QED) is 0.825. The molecule has 5 heteroatoms. The minimum absolute atomic E-state index is 0.0730. The van der Waals surface area contributed by atoms with Crippen molar-refractivity contribution in [3.63, 3.8) is 0 Å². The molecule has 1 amide bonds. The number of carbonyl (C=O) groups excluding carboxylic acids is 1. The molecule has 2 rings (SSSR count). The lowest BCUT2D eigenvalue weighted by Gasteiger charge is -2.15. The Morgan fingerprint density at radius 3 is 2.64 bits per heavy atom. The molecule has 116 valence electrons. The molecule has 2 N–H and O–H groups in total. The van der Waals surface area contributed by atoms with Gasteiger partial charge in [0.2, 0.25) is 5.91 Å². The molecule has 0 aliphatic rings. The van der Waals surface area contributed by atoms with E-state index >= 15 is 0 Å². The molecule has 1 aromatic carbocycles. The van der Waals surface area contributed by atoms with Crippen molar-refractivity contribution in [1.29, 1.82) is 0 Å². The first-order valence-corrected chi connectivity index (χ1v) is 7.30. The highest BCUT2D eigenvalue weighted by molar-refractivity contribution is 5.81. The third-order valence-electron chi connectivity index (χ3n) is 2.93. The molecule has 2 aromatic rings. The fourth-order valence-electron chi connectivity index (χ4n) is 1.91. The minimum atomic E-state index is -0.0730. The van der Waals surface area contributed by atoms with Gasteiger partial charge in [0, 0.05) is 18.9 Å². The first-order chi connectivity index (χ1) is 10.6. The molecule has 0 aliphatic heterocycles. The zero-order chi connectivity index (χ0) is 15.8. The molecule has 5 nitrogen and oxygen atoms in total. The number of nitrogens with zero attached hydrogens (tertiary/aromatic N) is 1. The van der Waals surface area contributed by atoms with Crippen LogP contribution in [0, 0.1) is 0 Å². The summed E-state index contributed by atoms with van der Waals surface area (Å²) in [6, 6.07) is 11.3. The molecule has 0 saturated heterocycles. The van der Waals surface area contributed by atoms with Crippen molar-refractivity contribution in [3.05, 3.63) is 54.4 Å². The van der Waals surface area contributed by atoms with Crippen molar-refractivity contribution in [2.45, 2.75) is 26.5 Å². The first kappa shape index (κ1) is 15.8. The Balaban J connectivity index is 1.83. The highest BCUT2D eigenvalue weighted by atomic mass is 16.5. The van der Waals surface area contributed by atoms with Gasteiger partial charge in [-0.3, -0.25) is 9.78 Å². The minimum Gasteiger partial charge on any atom is -0.489 e. The predicted octanol–water partition coefficient (Wildman–Crippen LogP) is 2.60. The topological polar surface area (TPSA) is 63.2 Å². The van der Waals surface area contributed by atoms with Crippen LogP contribution in [0.4, 0.5) is 5.69 Å². The molecule has 1 heterocycles. The van der Waals surface area contributed by atoms with Gasteiger partial charge < -0.3 is 15.4 Å². The Morgan fingerprint density at radius 2 is 1.91 bits per heavy atom. The van der Waals surface area contributed by atoms with Crippen LogP contribution in [0.5, 0.6) is 5.75 Å². The van der Waals surface area contributed by atoms with Gasteiger partial charge in [-0.2, -0.15) is 0 Å². The largest absolute Gasteiger partial charge is 0.489 e. The Kier molecular flexibility index (Phi) is 5.77. The Bertz CT molecular complexity index is 600. The second-order valence-corrected chi connectivity index (χ2v) is 5.15. The smallest absolute Gasteiger partial charge is 0.239 e. The summed E-state index contributed by atoms with van der Waals surface area (Å²) in [7, 11) is 0. The highest BCUT2D eigenvalue weighted by Crippen LogP contribution is 2.24. The summed E-state index contributed by atoms with van der Waals surface area (Å²) in [4.78, 5) is 15.8. The van der Waals surface area contributed by atoms with E-state index in [2.05, 4.69) is 15.6 Å². The maximum Gasteiger partial charge on any atom is 0.239 e. The third-order valence-corrected chi connectivity index (χ3v) is 2.93. The van der Waals surface area contributed by atoms with Gasteiger partial charge in [-0.25, -0.2) is 0 Å². The van der Waals surface area contributed by atoms with Crippen LogP contribution in [0.2, 0.25) is 0 Å². The molecule has 1 aromatic heterocycles. The summed E-state index contributed by atoms with van der Waals surface area (Å²) in [6.07, 6.45) is 3.50. The van der Waals surface area contributed by atoms with Gasteiger partial charge in [-0.05, 0) is 43.7 Å². The van der Waals surface area contributed by atoms with Crippen LogP contribution < -0.4 is 15.4 Å². The number of anilines is 1. The van der Waals surface area contributed by atoms with Crippen molar-refractivity contribution < 1.29 is 9.53 Å². The number of pyridine rings is 1. The van der Waals surface area contributed by atoms with Crippen molar-refractivity contribution in [2.24, 2.45) is 0 Å². The molecular weight excluding hydrogens is 278 g/mol. The molecule has 0 bridgehead atoms. The fourth-order valence-corrected chi connectivity index (χ4v) is 1.91. The summed E-state index contributed by atoms with van der Waals surface area (Å²) in [5.74, 6) is 0.676. The van der Waals surface area contributed by atoms with Gasteiger partial charge in [0.15, 0.2) is 0 Å². The van der Waals surface area contributed by atoms with E-state index in [0.29, 0.717) is 6.54 Å². The zero-order valence-electron chi connectivity index (χ0n) is 12.9. The van der Waals surface area contributed by atoms with Crippen LogP contribution in [-0.2, 0) is 11.3 Å². The SMILES string of the molecule is CC(C)Oc1ccccc1NCC(=O)NCc1ccncc1. The maximum atomic E-state index is 11.9. The molecule has 0 atom stereocenters. The lowest BCUT2D eigenvalue weighted by molar-refractivity contribution is -0.119. The standard InChI is InChI=1S/C17H21N3O2/c1-13(2)22-16-6-4-3-5-15(16)19-12-17(21)20-11-14-7-9-18-10-8-14/h3-10,13,19H,11-12H2,1-2H3,(H,20,21). The number of hydrogen-bond acceptors (Lipinski definition) is 4. The van der Waals surface area contributed by atoms with Crippen LogP contribution in [-0.4, -0.2) is 23.5 Å². The number of benzene rings is 1. The predicted molar refractivity (Wildman–Crippen MR) is 86.8 cm³/mol. The molecule has 0 radical (unpaired) electrons. The lowest BCUT2D eigenvalue weighted by Crippen LogP contribution is -2.29. The highest BCUT2D eigenvalue weighted by Gasteiger charge is 2.06. The number of aromatic nitrogens is 1. The molecule has 0 fully saturated rings. The molecular formula is C17H21N3O2. The van der Waals surface area contributed by atoms with E-state index in [0.717, 1.165) is 17.0 Å². The van der Waals surface area contributed by atoms with Gasteiger partial charge in [-0.1, -0.05) is 12.1 Å². The first-order valence-electron chi connectivity index (χ1n) is 7.30. The Hall–Kier alpha value is -2.56. The van der Waals surface area contributed by atoms with Gasteiger partial charge in [0.05, 0.1) is 18.3 Å². The fraction of sp³-hybridized carbons (Fsp3) is 0.294. The van der Waals surface area contributed by atoms with Gasteiger partial charge in [0.25, 0.3) is 0 Å². The summed E-state index contributed by atoms with van der Waals surface area (Å²) in [5, 5.41) is 5.96. The Morgan fingerprint density at radius 1 is 1.18 bits per heavy atom. The molecule has 0 saturated carbocycles. The van der Waals surface area contributed by atoms with E-state index < -0.39 is 0 Å². The van der Waals surface area contributed by atoms with Crippen molar-refractivity contribution in [2.75, 3.05) is 11.9 Å². The third kappa shape index (κ3) is 5.09. The van der Waals surface area contributed by atoms with Crippen LogP contribution in [0.25, 0.3) is 0 Å². The Labute approximate surface area is 130 Å². The van der Waals surface area contributed by atoms with Crippen molar-refractivity contribution >= 4 is 11.6 Å². The molecule has 22 heavy (non-hydrogen) atoms. The second kappa shape index (κ2) is 8.02. The number of hydrogen-bond donors (Lipinski definition) is 2. The van der Waals surface area contributed by atoms with Crippen molar-refractivity contribution in [3.8, 4) is 5.75 Å². The number of rotatable bonds is 7. The van der Waals surface area contributed by atoms with Gasteiger partial charge in [0.1, 0.15) is 5.75 Å². The van der Waals surface area contributed by atoms with Gasteiger partial charge >= 0.3 is 0 Å². The summed E-state index contributed by atoms with van der Waals surface area (Å²) < 4.78 is 5.71. The van der Waals surface area contributed by atoms with E-state index in [1.165, 1.54) is 0 Å². The van der Waals surface area contributed by atoms with Crippen LogP contribution in [0.15, 0.2) is 48.8 Å². The average Bonchev–Trinajstić information content (AvgIpc) is 2.52. The van der Waals surface area contributed by atoms with Crippen molar-refractivity contribution in [1.82, 2.24) is 10.3 Å². The second-order valence-electron chi connectivity index (χ2n) is 5.15. The summed E-state index contributed by atoms with van der Waals surface area (Å²) in [5.41, 5.74) is 1.84. The van der Waals surface area contributed by atoms with E-state index in [4.69, 9.17) is 4.74 Å². The van der Waals surface area contributed by atoms with E-state index in [1.807, 2.05) is 50.2 Å². The maximum absolute atomic E-state index is 11.9. The number of para-hydroxylation sites is 2. The van der Waals surface area contributed by atoms with E-state index in [-0.39, 0.29) is 18.6 Å². The molecule has 0 aliphatic carbocycles. The molecule has 0 unspecified atom stereocenters. The van der Waals surface area contributed by atoms with E-state index in [1.54, 1.807) is 12.4 Å². The number of ether oxygens (including phenoxy) is 1. The van der Waals surface area contributed by atoms with Crippen LogP contribution >= 0.6 is 0 Å². The van der Waals surface area contributed by atoms with E-state index in [9.17, 15) is 4.79 Å². The van der Waals surface area contributed by atoms with Gasteiger partial charge in [-0.15, -0.1) is 0 Å². The summed E-state index contributed by atoms with van der Waals surface area (Å²) in [6.45, 7) is 4.63.